The monoisotopic (exact) mass is 385 g/mol. The van der Waals surface area contributed by atoms with Crippen LogP contribution >= 0.6 is 23.4 Å². The number of aromatic nitrogens is 5. The highest BCUT2D eigenvalue weighted by molar-refractivity contribution is 7.99. The van der Waals surface area contributed by atoms with Gasteiger partial charge in [0.25, 0.3) is 0 Å². The quantitative estimate of drug-likeness (QED) is 0.497. The summed E-state index contributed by atoms with van der Waals surface area (Å²) in [5.41, 5.74) is 1.49. The summed E-state index contributed by atoms with van der Waals surface area (Å²) in [6.07, 6.45) is 3.04. The largest absolute Gasteiger partial charge is 0.382 e. The summed E-state index contributed by atoms with van der Waals surface area (Å²) in [5, 5.41) is 16.9. The number of imidazole rings is 1. The Morgan fingerprint density at radius 2 is 1.96 bits per heavy atom. The molecule has 0 amide bonds. The zero-order valence-electron chi connectivity index (χ0n) is 13.7. The molecular formula is C18H16ClN5OS. The summed E-state index contributed by atoms with van der Waals surface area (Å²) in [6, 6.07) is 15.1. The Hall–Kier alpha value is -2.35. The highest BCUT2D eigenvalue weighted by Gasteiger charge is 2.31. The molecule has 1 atom stereocenters. The van der Waals surface area contributed by atoms with Gasteiger partial charge in [0, 0.05) is 10.8 Å². The number of nitrogens with zero attached hydrogens (tertiary/aromatic N) is 4. The van der Waals surface area contributed by atoms with E-state index in [0.29, 0.717) is 10.8 Å². The van der Waals surface area contributed by atoms with E-state index in [0.717, 1.165) is 21.8 Å². The van der Waals surface area contributed by atoms with Gasteiger partial charge in [0.05, 0.1) is 17.6 Å². The lowest BCUT2D eigenvalue weighted by molar-refractivity contribution is 0.0396. The SMILES string of the molecule is OC(CSc1nc2ccccc2[nH]1)(Cn1cncn1)c1ccc(Cl)cc1. The van der Waals surface area contributed by atoms with E-state index in [-0.39, 0.29) is 6.54 Å². The van der Waals surface area contributed by atoms with Gasteiger partial charge >= 0.3 is 0 Å². The molecule has 8 heteroatoms. The highest BCUT2D eigenvalue weighted by Crippen LogP contribution is 2.31. The van der Waals surface area contributed by atoms with Crippen molar-refractivity contribution in [3.8, 4) is 0 Å². The molecule has 2 N–H and O–H groups in total. The van der Waals surface area contributed by atoms with Crippen LogP contribution in [-0.2, 0) is 12.1 Å². The first-order chi connectivity index (χ1) is 12.6. The third kappa shape index (κ3) is 3.60. The van der Waals surface area contributed by atoms with Gasteiger partial charge in [0.15, 0.2) is 5.16 Å². The smallest absolute Gasteiger partial charge is 0.166 e. The molecule has 0 saturated carbocycles. The molecule has 132 valence electrons. The first kappa shape index (κ1) is 17.1. The van der Waals surface area contributed by atoms with Gasteiger partial charge in [0.2, 0.25) is 0 Å². The zero-order chi connectivity index (χ0) is 18.0. The number of halogens is 1. The van der Waals surface area contributed by atoms with Gasteiger partial charge in [-0.1, -0.05) is 47.6 Å². The molecule has 4 rings (SSSR count). The number of para-hydroxylation sites is 2. The standard InChI is InChI=1S/C18H16ClN5OS/c19-14-7-5-13(6-8-14)18(25,9-24-12-20-11-21-24)10-26-17-22-15-3-1-2-4-16(15)23-17/h1-8,11-12,25H,9-10H2,(H,22,23). The van der Waals surface area contributed by atoms with E-state index in [1.165, 1.54) is 18.1 Å². The predicted molar refractivity (Wildman–Crippen MR) is 102 cm³/mol. The van der Waals surface area contributed by atoms with Crippen LogP contribution in [0.3, 0.4) is 0 Å². The lowest BCUT2D eigenvalue weighted by Gasteiger charge is -2.28. The third-order valence-electron chi connectivity index (χ3n) is 4.09. The molecule has 0 spiro atoms. The second kappa shape index (κ2) is 7.11. The van der Waals surface area contributed by atoms with Gasteiger partial charge in [-0.2, -0.15) is 5.10 Å². The van der Waals surface area contributed by atoms with Gasteiger partial charge in [0.1, 0.15) is 18.3 Å². The Bertz CT molecular complexity index is 969. The molecule has 6 nitrogen and oxygen atoms in total. The van der Waals surface area contributed by atoms with Crippen LogP contribution in [0.25, 0.3) is 11.0 Å². The summed E-state index contributed by atoms with van der Waals surface area (Å²) < 4.78 is 1.62. The molecule has 0 aliphatic rings. The van der Waals surface area contributed by atoms with Crippen LogP contribution in [0.4, 0.5) is 0 Å². The fourth-order valence-corrected chi connectivity index (χ4v) is 3.85. The number of nitrogens with one attached hydrogen (secondary N) is 1. The molecule has 0 aliphatic carbocycles. The predicted octanol–water partition coefficient (Wildman–Crippen LogP) is 3.49. The minimum Gasteiger partial charge on any atom is -0.382 e. The van der Waals surface area contributed by atoms with Crippen LogP contribution < -0.4 is 0 Å². The molecule has 0 radical (unpaired) electrons. The van der Waals surface area contributed by atoms with Gasteiger partial charge in [-0.15, -0.1) is 0 Å². The number of thioether (sulfide) groups is 1. The van der Waals surface area contributed by atoms with Gasteiger partial charge in [-0.05, 0) is 29.8 Å². The number of hydrogen-bond donors (Lipinski definition) is 2. The van der Waals surface area contributed by atoms with Crippen LogP contribution in [0.15, 0.2) is 66.3 Å². The van der Waals surface area contributed by atoms with E-state index in [1.807, 2.05) is 36.4 Å². The van der Waals surface area contributed by atoms with Crippen LogP contribution in [0, 0.1) is 0 Å². The van der Waals surface area contributed by atoms with Crippen LogP contribution in [-0.4, -0.2) is 35.6 Å². The van der Waals surface area contributed by atoms with E-state index >= 15 is 0 Å². The maximum absolute atomic E-state index is 11.4. The Morgan fingerprint density at radius 3 is 2.69 bits per heavy atom. The number of aliphatic hydroxyl groups is 1. The molecule has 0 saturated heterocycles. The molecule has 2 heterocycles. The van der Waals surface area contributed by atoms with Crippen molar-refractivity contribution in [2.24, 2.45) is 0 Å². The van der Waals surface area contributed by atoms with Crippen molar-refractivity contribution >= 4 is 34.4 Å². The van der Waals surface area contributed by atoms with Crippen LogP contribution in [0.5, 0.6) is 0 Å². The van der Waals surface area contributed by atoms with Crippen molar-refractivity contribution in [1.29, 1.82) is 0 Å². The first-order valence-electron chi connectivity index (χ1n) is 8.01. The van der Waals surface area contributed by atoms with E-state index in [4.69, 9.17) is 11.6 Å². The second-order valence-corrected chi connectivity index (χ2v) is 7.38. The summed E-state index contributed by atoms with van der Waals surface area (Å²) in [7, 11) is 0. The number of aromatic amines is 1. The maximum Gasteiger partial charge on any atom is 0.166 e. The molecular weight excluding hydrogens is 370 g/mol. The number of H-pyrrole nitrogens is 1. The van der Waals surface area contributed by atoms with E-state index < -0.39 is 5.60 Å². The van der Waals surface area contributed by atoms with Crippen molar-refractivity contribution in [2.75, 3.05) is 5.75 Å². The van der Waals surface area contributed by atoms with Crippen LogP contribution in [0.1, 0.15) is 5.56 Å². The van der Waals surface area contributed by atoms with Gasteiger partial charge < -0.3 is 10.1 Å². The first-order valence-corrected chi connectivity index (χ1v) is 9.37. The highest BCUT2D eigenvalue weighted by atomic mass is 35.5. The molecule has 1 unspecified atom stereocenters. The van der Waals surface area contributed by atoms with Crippen molar-refractivity contribution in [2.45, 2.75) is 17.3 Å². The number of benzene rings is 2. The second-order valence-electron chi connectivity index (χ2n) is 5.98. The topological polar surface area (TPSA) is 79.6 Å². The van der Waals surface area contributed by atoms with Crippen molar-refractivity contribution in [1.82, 2.24) is 24.7 Å². The lowest BCUT2D eigenvalue weighted by atomic mass is 9.96. The Balaban J connectivity index is 1.60. The Morgan fingerprint density at radius 1 is 1.15 bits per heavy atom. The lowest BCUT2D eigenvalue weighted by Crippen LogP contribution is -2.34. The van der Waals surface area contributed by atoms with E-state index in [2.05, 4.69) is 20.1 Å². The Kier molecular flexibility index (Phi) is 4.67. The van der Waals surface area contributed by atoms with Crippen molar-refractivity contribution in [3.63, 3.8) is 0 Å². The normalized spacial score (nSPS) is 13.8. The minimum atomic E-state index is -1.15. The minimum absolute atomic E-state index is 0.280. The average Bonchev–Trinajstić information content (AvgIpc) is 3.29. The third-order valence-corrected chi connectivity index (χ3v) is 5.43. The molecule has 2 aromatic carbocycles. The molecule has 2 aromatic heterocycles. The summed E-state index contributed by atoms with van der Waals surface area (Å²) >= 11 is 7.46. The summed E-state index contributed by atoms with van der Waals surface area (Å²) in [6.45, 7) is 0.280. The maximum atomic E-state index is 11.4. The van der Waals surface area contributed by atoms with Gasteiger partial charge in [-0.3, -0.25) is 0 Å². The zero-order valence-corrected chi connectivity index (χ0v) is 15.3. The Labute approximate surface area is 159 Å². The molecule has 0 fully saturated rings. The summed E-state index contributed by atoms with van der Waals surface area (Å²) in [4.78, 5) is 11.8. The van der Waals surface area contributed by atoms with E-state index in [9.17, 15) is 5.11 Å². The van der Waals surface area contributed by atoms with Crippen molar-refractivity contribution in [3.05, 3.63) is 71.8 Å². The molecule has 0 aliphatic heterocycles. The number of rotatable bonds is 6. The average molecular weight is 386 g/mol. The van der Waals surface area contributed by atoms with Crippen molar-refractivity contribution < 1.29 is 5.11 Å². The van der Waals surface area contributed by atoms with Crippen LogP contribution in [0.2, 0.25) is 5.02 Å². The fraction of sp³-hybridized carbons (Fsp3) is 0.167. The number of fused-ring (bicyclic) bond motifs is 1. The molecule has 26 heavy (non-hydrogen) atoms. The molecule has 0 bridgehead atoms. The molecule has 4 aromatic rings. The summed E-state index contributed by atoms with van der Waals surface area (Å²) in [5.74, 6) is 0.397. The van der Waals surface area contributed by atoms with E-state index in [1.54, 1.807) is 23.1 Å². The van der Waals surface area contributed by atoms with Gasteiger partial charge in [-0.25, -0.2) is 14.6 Å². The fourth-order valence-electron chi connectivity index (χ4n) is 2.75. The number of hydrogen-bond acceptors (Lipinski definition) is 5.